The first-order valence-electron chi connectivity index (χ1n) is 4.83. The average molecular weight is 219 g/mol. The zero-order chi connectivity index (χ0) is 11.7. The number of hydrogen-bond acceptors (Lipinski definition) is 5. The number of rotatable bonds is 2. The van der Waals surface area contributed by atoms with E-state index in [4.69, 9.17) is 10.5 Å². The predicted molar refractivity (Wildman–Crippen MR) is 59.2 cm³/mol. The van der Waals surface area contributed by atoms with Crippen LogP contribution in [-0.4, -0.2) is 19.7 Å². The van der Waals surface area contributed by atoms with Crippen molar-refractivity contribution in [1.29, 1.82) is 0 Å². The minimum atomic E-state index is 0.272. The van der Waals surface area contributed by atoms with Gasteiger partial charge < -0.3 is 10.5 Å². The maximum atomic E-state index is 5.55. The number of aromatic nitrogens is 4. The first kappa shape index (κ1) is 10.4. The number of aryl methyl sites for hydroxylation is 2. The molecule has 0 bridgehead atoms. The summed E-state index contributed by atoms with van der Waals surface area (Å²) in [5.41, 5.74) is 7.73. The highest BCUT2D eigenvalue weighted by Gasteiger charge is 2.12. The molecule has 2 aromatic heterocycles. The van der Waals surface area contributed by atoms with Crippen LogP contribution in [0.25, 0.3) is 0 Å². The van der Waals surface area contributed by atoms with E-state index in [-0.39, 0.29) is 6.01 Å². The van der Waals surface area contributed by atoms with E-state index in [1.165, 1.54) is 12.4 Å². The Morgan fingerprint density at radius 2 is 1.88 bits per heavy atom. The summed E-state index contributed by atoms with van der Waals surface area (Å²) in [6.07, 6.45) is 3.01. The van der Waals surface area contributed by atoms with Crippen molar-refractivity contribution in [2.45, 2.75) is 13.8 Å². The molecule has 2 rings (SSSR count). The van der Waals surface area contributed by atoms with Crippen molar-refractivity contribution in [3.8, 4) is 11.8 Å². The Bertz CT molecular complexity index is 503. The third kappa shape index (κ3) is 1.81. The van der Waals surface area contributed by atoms with Gasteiger partial charge in [-0.15, -0.1) is 0 Å². The van der Waals surface area contributed by atoms with Gasteiger partial charge >= 0.3 is 6.01 Å². The molecule has 0 aliphatic heterocycles. The van der Waals surface area contributed by atoms with Crippen LogP contribution in [0.4, 0.5) is 5.69 Å². The number of hydrogen-bond donors (Lipinski definition) is 1. The van der Waals surface area contributed by atoms with E-state index in [1.54, 1.807) is 4.68 Å². The summed E-state index contributed by atoms with van der Waals surface area (Å²) in [6, 6.07) is 0.272. The van der Waals surface area contributed by atoms with Gasteiger partial charge in [0.2, 0.25) is 0 Å². The minimum Gasteiger partial charge on any atom is -0.420 e. The quantitative estimate of drug-likeness (QED) is 0.821. The number of anilines is 1. The van der Waals surface area contributed by atoms with E-state index in [2.05, 4.69) is 15.1 Å². The molecule has 0 spiro atoms. The molecule has 0 fully saturated rings. The molecule has 0 aromatic carbocycles. The van der Waals surface area contributed by atoms with Gasteiger partial charge in [0.05, 0.1) is 23.8 Å². The van der Waals surface area contributed by atoms with Gasteiger partial charge in [-0.2, -0.15) is 5.10 Å². The van der Waals surface area contributed by atoms with E-state index < -0.39 is 0 Å². The third-order valence-corrected chi connectivity index (χ3v) is 2.28. The van der Waals surface area contributed by atoms with Gasteiger partial charge in [0.15, 0.2) is 5.75 Å². The van der Waals surface area contributed by atoms with Gasteiger partial charge in [-0.25, -0.2) is 9.97 Å². The van der Waals surface area contributed by atoms with Crippen LogP contribution in [0.1, 0.15) is 11.4 Å². The van der Waals surface area contributed by atoms with Crippen LogP contribution in [0.2, 0.25) is 0 Å². The van der Waals surface area contributed by atoms with Crippen LogP contribution >= 0.6 is 0 Å². The molecule has 0 amide bonds. The van der Waals surface area contributed by atoms with E-state index in [0.717, 1.165) is 11.4 Å². The van der Waals surface area contributed by atoms with E-state index in [0.29, 0.717) is 11.4 Å². The Morgan fingerprint density at radius 3 is 2.38 bits per heavy atom. The molecule has 16 heavy (non-hydrogen) atoms. The molecule has 6 nitrogen and oxygen atoms in total. The van der Waals surface area contributed by atoms with Crippen molar-refractivity contribution >= 4 is 5.69 Å². The lowest BCUT2D eigenvalue weighted by molar-refractivity contribution is 0.435. The van der Waals surface area contributed by atoms with Gasteiger partial charge in [0.1, 0.15) is 5.69 Å². The van der Waals surface area contributed by atoms with Crippen molar-refractivity contribution < 1.29 is 4.74 Å². The first-order valence-corrected chi connectivity index (χ1v) is 4.83. The molecule has 0 atom stereocenters. The Kier molecular flexibility index (Phi) is 2.47. The highest BCUT2D eigenvalue weighted by molar-refractivity contribution is 5.35. The molecular formula is C10H13N5O. The maximum absolute atomic E-state index is 5.55. The van der Waals surface area contributed by atoms with E-state index in [9.17, 15) is 0 Å². The molecule has 0 radical (unpaired) electrons. The number of nitrogens with zero attached hydrogens (tertiary/aromatic N) is 4. The third-order valence-electron chi connectivity index (χ3n) is 2.28. The fourth-order valence-corrected chi connectivity index (χ4v) is 1.37. The Morgan fingerprint density at radius 1 is 1.25 bits per heavy atom. The molecule has 0 saturated carbocycles. The van der Waals surface area contributed by atoms with Crippen LogP contribution in [-0.2, 0) is 7.05 Å². The lowest BCUT2D eigenvalue weighted by Crippen LogP contribution is -1.96. The van der Waals surface area contributed by atoms with Crippen LogP contribution in [0.15, 0.2) is 12.4 Å². The van der Waals surface area contributed by atoms with Crippen molar-refractivity contribution in [2.75, 3.05) is 5.73 Å². The summed E-state index contributed by atoms with van der Waals surface area (Å²) in [5, 5.41) is 4.24. The van der Waals surface area contributed by atoms with Gasteiger partial charge in [0, 0.05) is 7.05 Å². The lowest BCUT2D eigenvalue weighted by atomic mass is 10.3. The molecule has 2 heterocycles. The number of nitrogen functional groups attached to an aromatic ring is 1. The van der Waals surface area contributed by atoms with Crippen LogP contribution in [0, 0.1) is 13.8 Å². The van der Waals surface area contributed by atoms with Gasteiger partial charge in [-0.3, -0.25) is 4.68 Å². The first-order chi connectivity index (χ1) is 7.58. The van der Waals surface area contributed by atoms with Gasteiger partial charge in [-0.05, 0) is 13.8 Å². The fraction of sp³-hybridized carbons (Fsp3) is 0.300. The predicted octanol–water partition coefficient (Wildman–Crippen LogP) is 1.20. The minimum absolute atomic E-state index is 0.272. The van der Waals surface area contributed by atoms with Gasteiger partial charge in [-0.1, -0.05) is 0 Å². The number of nitrogens with two attached hydrogens (primary N) is 1. The molecule has 0 aliphatic rings. The Labute approximate surface area is 93.1 Å². The highest BCUT2D eigenvalue weighted by atomic mass is 16.5. The van der Waals surface area contributed by atoms with Crippen molar-refractivity contribution in [2.24, 2.45) is 7.05 Å². The van der Waals surface area contributed by atoms with Crippen LogP contribution in [0.3, 0.4) is 0 Å². The standard InChI is InChI=1S/C10H13N5O/c1-6-9(7(2)15(3)14-6)16-10-12-4-8(11)5-13-10/h4-5H,11H2,1-3H3. The lowest BCUT2D eigenvalue weighted by Gasteiger charge is -2.03. The zero-order valence-corrected chi connectivity index (χ0v) is 9.43. The largest absolute Gasteiger partial charge is 0.420 e. The van der Waals surface area contributed by atoms with Crippen LogP contribution < -0.4 is 10.5 Å². The summed E-state index contributed by atoms with van der Waals surface area (Å²) >= 11 is 0. The molecule has 0 aliphatic carbocycles. The smallest absolute Gasteiger partial charge is 0.322 e. The van der Waals surface area contributed by atoms with Crippen molar-refractivity contribution in [3.05, 3.63) is 23.8 Å². The summed E-state index contributed by atoms with van der Waals surface area (Å²) in [5.74, 6) is 0.687. The van der Waals surface area contributed by atoms with E-state index >= 15 is 0 Å². The normalized spacial score (nSPS) is 10.4. The second-order valence-corrected chi connectivity index (χ2v) is 3.52. The molecule has 6 heteroatoms. The van der Waals surface area contributed by atoms with Crippen molar-refractivity contribution in [3.63, 3.8) is 0 Å². The highest BCUT2D eigenvalue weighted by Crippen LogP contribution is 2.25. The molecule has 0 unspecified atom stereocenters. The average Bonchev–Trinajstić information content (AvgIpc) is 2.48. The molecule has 2 aromatic rings. The molecular weight excluding hydrogens is 206 g/mol. The summed E-state index contributed by atoms with van der Waals surface area (Å²) in [7, 11) is 1.86. The second kappa shape index (κ2) is 3.80. The maximum Gasteiger partial charge on any atom is 0.322 e. The monoisotopic (exact) mass is 219 g/mol. The summed E-state index contributed by atoms with van der Waals surface area (Å²) in [4.78, 5) is 7.94. The Balaban J connectivity index is 2.30. The van der Waals surface area contributed by atoms with Gasteiger partial charge in [0.25, 0.3) is 0 Å². The number of ether oxygens (including phenoxy) is 1. The topological polar surface area (TPSA) is 78.8 Å². The summed E-state index contributed by atoms with van der Waals surface area (Å²) < 4.78 is 7.31. The van der Waals surface area contributed by atoms with Crippen molar-refractivity contribution in [1.82, 2.24) is 19.7 Å². The zero-order valence-electron chi connectivity index (χ0n) is 9.43. The SMILES string of the molecule is Cc1nn(C)c(C)c1Oc1ncc(N)cn1. The fourth-order valence-electron chi connectivity index (χ4n) is 1.37. The molecule has 84 valence electrons. The Hall–Kier alpha value is -2.11. The van der Waals surface area contributed by atoms with E-state index in [1.807, 2.05) is 20.9 Å². The molecule has 2 N–H and O–H groups in total. The second-order valence-electron chi connectivity index (χ2n) is 3.52. The van der Waals surface area contributed by atoms with Crippen LogP contribution in [0.5, 0.6) is 11.8 Å². The summed E-state index contributed by atoms with van der Waals surface area (Å²) in [6.45, 7) is 3.80. The molecule has 0 saturated heterocycles.